The Balaban J connectivity index is 1.72. The third-order valence-corrected chi connectivity index (χ3v) is 7.02. The van der Waals surface area contributed by atoms with Crippen molar-refractivity contribution in [1.82, 2.24) is 14.8 Å². The summed E-state index contributed by atoms with van der Waals surface area (Å²) in [7, 11) is 1.72. The van der Waals surface area contributed by atoms with E-state index in [0.29, 0.717) is 5.69 Å². The zero-order valence-electron chi connectivity index (χ0n) is 16.1. The summed E-state index contributed by atoms with van der Waals surface area (Å²) in [5.41, 5.74) is -0.878. The van der Waals surface area contributed by atoms with Gasteiger partial charge in [-0.1, -0.05) is 23.2 Å². The first-order valence-electron chi connectivity index (χ1n) is 8.84. The Morgan fingerprint density at radius 3 is 2.63 bits per heavy atom. The van der Waals surface area contributed by atoms with Crippen LogP contribution in [0.3, 0.4) is 0 Å². The number of carboxylic acids is 1. The first kappa shape index (κ1) is 22.5. The molecule has 12 heteroatoms. The van der Waals surface area contributed by atoms with Crippen LogP contribution in [-0.4, -0.2) is 68.6 Å². The molecule has 0 saturated carbocycles. The van der Waals surface area contributed by atoms with Crippen LogP contribution in [0.1, 0.15) is 12.6 Å². The SMILES string of the molecule is CC(=O)OCC1(C(=O)O)CS[C@@H]2C(NC(=O)C(=C(Cl)Cl)c3cccn3C)C(=O)N2C1. The summed E-state index contributed by atoms with van der Waals surface area (Å²) in [6, 6.07) is 2.55. The summed E-state index contributed by atoms with van der Waals surface area (Å²) < 4.78 is 6.34. The molecule has 162 valence electrons. The molecule has 0 spiro atoms. The average Bonchev–Trinajstić information content (AvgIpc) is 3.09. The lowest BCUT2D eigenvalue weighted by Gasteiger charge is -2.53. The van der Waals surface area contributed by atoms with E-state index in [4.69, 9.17) is 27.9 Å². The average molecular weight is 476 g/mol. The number of rotatable bonds is 6. The van der Waals surface area contributed by atoms with Crippen LogP contribution in [-0.2, 0) is 31.0 Å². The molecule has 0 aromatic carbocycles. The number of aliphatic carboxylic acids is 1. The summed E-state index contributed by atoms with van der Waals surface area (Å²) in [6.07, 6.45) is 1.72. The number of amides is 2. The molecule has 3 atom stereocenters. The Kier molecular flexibility index (Phi) is 6.40. The summed E-state index contributed by atoms with van der Waals surface area (Å²) in [4.78, 5) is 49.7. The molecule has 2 amide bonds. The Morgan fingerprint density at radius 1 is 1.40 bits per heavy atom. The fourth-order valence-corrected chi connectivity index (χ4v) is 5.27. The van der Waals surface area contributed by atoms with Gasteiger partial charge in [0.15, 0.2) is 0 Å². The van der Waals surface area contributed by atoms with Crippen molar-refractivity contribution in [2.45, 2.75) is 18.3 Å². The third kappa shape index (κ3) is 4.03. The fourth-order valence-electron chi connectivity index (χ4n) is 3.38. The zero-order chi connectivity index (χ0) is 22.2. The second kappa shape index (κ2) is 8.52. The number of aryl methyl sites for hydroxylation is 1. The van der Waals surface area contributed by atoms with Gasteiger partial charge in [-0.25, -0.2) is 0 Å². The van der Waals surface area contributed by atoms with Crippen LogP contribution in [0.4, 0.5) is 0 Å². The molecule has 1 aromatic heterocycles. The highest BCUT2D eigenvalue weighted by molar-refractivity contribution is 8.00. The molecule has 3 heterocycles. The number of fused-ring (bicyclic) bond motifs is 1. The Morgan fingerprint density at radius 2 is 2.10 bits per heavy atom. The Labute approximate surface area is 186 Å². The van der Waals surface area contributed by atoms with Gasteiger partial charge in [0.25, 0.3) is 5.91 Å². The van der Waals surface area contributed by atoms with Crippen molar-refractivity contribution in [2.75, 3.05) is 18.9 Å². The van der Waals surface area contributed by atoms with Crippen LogP contribution in [0.25, 0.3) is 5.57 Å². The van der Waals surface area contributed by atoms with E-state index in [-0.39, 0.29) is 29.0 Å². The van der Waals surface area contributed by atoms with Crippen molar-refractivity contribution < 1.29 is 29.0 Å². The molecule has 2 saturated heterocycles. The van der Waals surface area contributed by atoms with Crippen LogP contribution in [0.2, 0.25) is 0 Å². The number of esters is 1. The van der Waals surface area contributed by atoms with Crippen LogP contribution < -0.4 is 5.32 Å². The molecule has 30 heavy (non-hydrogen) atoms. The lowest BCUT2D eigenvalue weighted by molar-refractivity contribution is -0.164. The third-order valence-electron chi connectivity index (χ3n) is 5.05. The highest BCUT2D eigenvalue weighted by atomic mass is 35.5. The molecule has 0 radical (unpaired) electrons. The number of carboxylic acid groups (broad SMARTS) is 1. The van der Waals surface area contributed by atoms with Crippen molar-refractivity contribution in [3.8, 4) is 0 Å². The number of halogens is 2. The molecule has 3 rings (SSSR count). The summed E-state index contributed by atoms with van der Waals surface area (Å²) in [5, 5.41) is 11.9. The smallest absolute Gasteiger partial charge is 0.315 e. The van der Waals surface area contributed by atoms with Crippen LogP contribution in [0.15, 0.2) is 22.8 Å². The highest BCUT2D eigenvalue weighted by Crippen LogP contribution is 2.42. The maximum atomic E-state index is 12.8. The molecule has 0 aliphatic carbocycles. The number of carbonyl (C=O) groups is 4. The van der Waals surface area contributed by atoms with Gasteiger partial charge in [-0.3, -0.25) is 19.2 Å². The minimum absolute atomic E-state index is 0.0348. The van der Waals surface area contributed by atoms with Gasteiger partial charge >= 0.3 is 11.9 Å². The second-order valence-electron chi connectivity index (χ2n) is 7.12. The molecule has 0 bridgehead atoms. The van der Waals surface area contributed by atoms with Gasteiger partial charge in [-0.2, -0.15) is 0 Å². The van der Waals surface area contributed by atoms with E-state index in [1.165, 1.54) is 23.6 Å². The molecule has 2 unspecified atom stereocenters. The van der Waals surface area contributed by atoms with Gasteiger partial charge in [0, 0.05) is 32.5 Å². The largest absolute Gasteiger partial charge is 0.481 e. The standard InChI is InChI=1S/C18H19Cl2N3O6S/c1-9(24)29-7-18(17(27)28)6-23-15(26)12(16(23)30-8-18)21-14(25)11(13(19)20)10-4-3-5-22(10)2/h3-5,12,16H,6-8H2,1-2H3,(H,21,25)(H,27,28)/t12?,16-,18?/m1/s1. The first-order valence-corrected chi connectivity index (χ1v) is 10.6. The monoisotopic (exact) mass is 475 g/mol. The number of aromatic nitrogens is 1. The molecule has 9 nitrogen and oxygen atoms in total. The maximum Gasteiger partial charge on any atom is 0.315 e. The highest BCUT2D eigenvalue weighted by Gasteiger charge is 2.58. The number of nitrogens with one attached hydrogen (secondary N) is 1. The molecule has 2 aliphatic heterocycles. The van der Waals surface area contributed by atoms with E-state index in [1.807, 2.05) is 0 Å². The van der Waals surface area contributed by atoms with E-state index in [2.05, 4.69) is 5.32 Å². The van der Waals surface area contributed by atoms with E-state index in [1.54, 1.807) is 29.9 Å². The van der Waals surface area contributed by atoms with Crippen molar-refractivity contribution in [3.63, 3.8) is 0 Å². The second-order valence-corrected chi connectivity index (χ2v) is 9.18. The number of hydrogen-bond donors (Lipinski definition) is 2. The Hall–Kier alpha value is -2.17. The summed E-state index contributed by atoms with van der Waals surface area (Å²) in [5.74, 6) is -2.66. The predicted octanol–water partition coefficient (Wildman–Crippen LogP) is 1.21. The van der Waals surface area contributed by atoms with Gasteiger partial charge in [-0.05, 0) is 12.1 Å². The van der Waals surface area contributed by atoms with Crippen molar-refractivity contribution in [2.24, 2.45) is 12.5 Å². The van der Waals surface area contributed by atoms with Gasteiger partial charge in [0.2, 0.25) is 5.91 Å². The predicted molar refractivity (Wildman–Crippen MR) is 111 cm³/mol. The molecule has 1 aromatic rings. The quantitative estimate of drug-likeness (QED) is 0.360. The van der Waals surface area contributed by atoms with Gasteiger partial charge < -0.3 is 24.6 Å². The van der Waals surface area contributed by atoms with Crippen LogP contribution in [0, 0.1) is 5.41 Å². The van der Waals surface area contributed by atoms with E-state index < -0.39 is 40.6 Å². The fraction of sp³-hybridized carbons (Fsp3) is 0.444. The van der Waals surface area contributed by atoms with E-state index >= 15 is 0 Å². The Bertz CT molecular complexity index is 944. The number of ether oxygens (including phenoxy) is 1. The topological polar surface area (TPSA) is 118 Å². The van der Waals surface area contributed by atoms with Gasteiger partial charge in [0.05, 0.1) is 11.3 Å². The molecular weight excluding hydrogens is 457 g/mol. The van der Waals surface area contributed by atoms with Crippen LogP contribution in [0.5, 0.6) is 0 Å². The van der Waals surface area contributed by atoms with E-state index in [0.717, 1.165) is 0 Å². The van der Waals surface area contributed by atoms with Crippen molar-refractivity contribution >= 4 is 64.3 Å². The minimum Gasteiger partial charge on any atom is -0.481 e. The number of β-lactam (4-membered cyclic amide) rings is 1. The number of nitrogens with zero attached hydrogens (tertiary/aromatic N) is 2. The minimum atomic E-state index is -1.40. The normalized spacial score (nSPS) is 25.1. The van der Waals surface area contributed by atoms with Crippen LogP contribution >= 0.6 is 35.0 Å². The molecule has 2 aliphatic rings. The molecule has 2 fully saturated rings. The lowest BCUT2D eigenvalue weighted by atomic mass is 9.88. The maximum absolute atomic E-state index is 12.8. The molecular formula is C18H19Cl2N3O6S. The van der Waals surface area contributed by atoms with Gasteiger partial charge in [0.1, 0.15) is 27.9 Å². The lowest BCUT2D eigenvalue weighted by Crippen LogP contribution is -2.74. The zero-order valence-corrected chi connectivity index (χ0v) is 18.4. The van der Waals surface area contributed by atoms with Gasteiger partial charge in [-0.15, -0.1) is 11.8 Å². The molecule has 2 N–H and O–H groups in total. The number of thioether (sulfide) groups is 1. The summed E-state index contributed by atoms with van der Waals surface area (Å²) >= 11 is 13.0. The first-order chi connectivity index (χ1) is 14.1. The van der Waals surface area contributed by atoms with Crippen molar-refractivity contribution in [3.05, 3.63) is 28.5 Å². The summed E-state index contributed by atoms with van der Waals surface area (Å²) in [6.45, 7) is 0.740. The van der Waals surface area contributed by atoms with Crippen molar-refractivity contribution in [1.29, 1.82) is 0 Å². The number of hydrogen-bond acceptors (Lipinski definition) is 6. The number of carbonyl (C=O) groups excluding carboxylic acids is 3. The van der Waals surface area contributed by atoms with E-state index in [9.17, 15) is 24.3 Å².